The molecule has 4 N–H and O–H groups in total. The van der Waals surface area contributed by atoms with E-state index >= 15 is 0 Å². The van der Waals surface area contributed by atoms with Crippen LogP contribution >= 0.6 is 0 Å². The molecule has 0 fully saturated rings. The molecule has 0 saturated carbocycles. The number of rotatable bonds is 24. The van der Waals surface area contributed by atoms with Crippen LogP contribution in [0.1, 0.15) is 113 Å². The van der Waals surface area contributed by atoms with E-state index in [1.165, 1.54) is 42.5 Å². The Morgan fingerprint density at radius 3 is 2.04 bits per heavy atom. The van der Waals surface area contributed by atoms with E-state index in [1.807, 2.05) is 61.5 Å². The standard InChI is InChI=1S/C55H66N4O20S5/c1-54(2)41-33-39(56-84(75,76)77)17-19-43(41)58(26-5-7-29-80(63,64)65)47(54)22-15-36-12-10-35-11-13-37(16-23-48-55(3,4)42-34-40(83(72,73)74)18-20-44(42)59(48)27-6-8-30-81(66,67)68)52-50(35)51(36)78-45-21-14-38(32-46(45)79-52)53(62)57(28-24-49(60)61)25-9-31-82(69,70)71/h14-23,32-35,56H,5-13,24-31H2,1-4H3,(H5-,60,61,63,64,65,66,67,68,69,70,71,72,73,74,75,76,77)/p-2. The molecule has 3 aromatic carbocycles. The lowest BCUT2D eigenvalue weighted by atomic mass is 9.74. The molecule has 0 spiro atoms. The predicted octanol–water partition coefficient (Wildman–Crippen LogP) is 4.82. The Morgan fingerprint density at radius 2 is 1.38 bits per heavy atom. The second-order valence-electron chi connectivity index (χ2n) is 22.3. The van der Waals surface area contributed by atoms with E-state index in [1.54, 1.807) is 12.1 Å². The van der Waals surface area contributed by atoms with Gasteiger partial charge in [0.05, 0.1) is 47.1 Å². The number of allylic oxidation sites excluding steroid dienone is 8. The van der Waals surface area contributed by atoms with E-state index in [0.29, 0.717) is 87.8 Å². The predicted molar refractivity (Wildman–Crippen MR) is 301 cm³/mol. The number of hydrogen-bond donors (Lipinski definition) is 3. The first-order valence-corrected chi connectivity index (χ1v) is 34.5. The van der Waals surface area contributed by atoms with Gasteiger partial charge in [0.25, 0.3) is 5.91 Å². The molecule has 2 aliphatic carbocycles. The van der Waals surface area contributed by atoms with Crippen LogP contribution in [-0.4, -0.2) is 140 Å². The lowest BCUT2D eigenvalue weighted by Gasteiger charge is -2.33. The minimum Gasteiger partial charge on any atom is -0.748 e. The molecule has 0 saturated heterocycles. The van der Waals surface area contributed by atoms with Crippen molar-refractivity contribution in [3.63, 3.8) is 0 Å². The van der Waals surface area contributed by atoms with Crippen molar-refractivity contribution in [3.8, 4) is 11.5 Å². The summed E-state index contributed by atoms with van der Waals surface area (Å²) >= 11 is 0. The van der Waals surface area contributed by atoms with Gasteiger partial charge in [-0.05, 0) is 136 Å². The summed E-state index contributed by atoms with van der Waals surface area (Å²) in [5.74, 6) is -3.09. The fourth-order valence-corrected chi connectivity index (χ4v) is 14.2. The third-order valence-electron chi connectivity index (χ3n) is 15.6. The molecule has 3 heterocycles. The Bertz CT molecular complexity index is 3970. The number of quaternary nitrogens is 1. The normalized spacial score (nSPS) is 19.5. The van der Waals surface area contributed by atoms with Gasteiger partial charge in [-0.15, -0.1) is 8.42 Å². The minimum atomic E-state index is -4.89. The molecular weight excluding hydrogens is 1200 g/mol. The number of carboxylic acid groups (broad SMARTS) is 1. The molecule has 1 atom stereocenters. The monoisotopic (exact) mass is 1260 g/mol. The SMILES string of the molecule is CC1(C)C(/C=C/C2=C3Oc4ccc(C(=O)N(CCCS(=O)(=O)[O-])CCC(=O)O)cc4OC4=C3C(CC2)CC/C4=C\C=C2\N(CCCCS(=O)(=O)[O-])c3ccc(S(=O)(=O)[O-])cc3C2(C)C)=[N+](CCCCS(=O)(=O)[O-])c2ccc([NH2+]S(=O)(=O)O)cc21. The number of amides is 1. The number of hydrogen-bond acceptors (Lipinski definition) is 19. The summed E-state index contributed by atoms with van der Waals surface area (Å²) in [4.78, 5) is 28.5. The number of benzene rings is 3. The molecule has 24 nitrogen and oxygen atoms in total. The lowest BCUT2D eigenvalue weighted by Crippen LogP contribution is -2.81. The molecule has 0 bridgehead atoms. The third kappa shape index (κ3) is 15.1. The van der Waals surface area contributed by atoms with Gasteiger partial charge in [0.2, 0.25) is 5.69 Å². The van der Waals surface area contributed by atoms with Gasteiger partial charge in [0.15, 0.2) is 17.2 Å². The molecule has 3 aliphatic heterocycles. The zero-order valence-electron chi connectivity index (χ0n) is 46.3. The van der Waals surface area contributed by atoms with Crippen LogP contribution in [0, 0.1) is 5.92 Å². The highest BCUT2D eigenvalue weighted by Crippen LogP contribution is 2.52. The number of anilines is 1. The number of nitrogens with zero attached hydrogens (tertiary/aromatic N) is 3. The van der Waals surface area contributed by atoms with Gasteiger partial charge in [-0.3, -0.25) is 9.59 Å². The highest BCUT2D eigenvalue weighted by Gasteiger charge is 2.46. The number of carbonyl (C=O) groups excluding carboxylic acids is 1. The summed E-state index contributed by atoms with van der Waals surface area (Å²) in [7, 11) is -23.2. The fraction of sp³-hybridized carbons (Fsp3) is 0.436. The third-order valence-corrected chi connectivity index (χ3v) is 19.4. The van der Waals surface area contributed by atoms with E-state index < -0.39 is 102 Å². The Hall–Kier alpha value is -6.12. The first-order chi connectivity index (χ1) is 39.0. The summed E-state index contributed by atoms with van der Waals surface area (Å²) in [6.45, 7) is 7.36. The highest BCUT2D eigenvalue weighted by molar-refractivity contribution is 7.86. The molecule has 5 aliphatic rings. The summed E-state index contributed by atoms with van der Waals surface area (Å²) in [5, 5.41) is 9.53. The molecule has 3 aromatic rings. The van der Waals surface area contributed by atoms with Crippen molar-refractivity contribution in [1.29, 1.82) is 0 Å². The summed E-state index contributed by atoms with van der Waals surface area (Å²) in [6, 6.07) is 13.2. The fourth-order valence-electron chi connectivity index (χ4n) is 11.6. The first-order valence-electron chi connectivity index (χ1n) is 26.9. The molecule has 29 heteroatoms. The maximum absolute atomic E-state index is 14.3. The number of aliphatic carboxylic acids is 1. The molecule has 84 heavy (non-hydrogen) atoms. The Labute approximate surface area is 488 Å². The van der Waals surface area contributed by atoms with Crippen LogP contribution in [0.15, 0.2) is 118 Å². The zero-order valence-corrected chi connectivity index (χ0v) is 50.4. The van der Waals surface area contributed by atoms with Crippen LogP contribution in [0.2, 0.25) is 0 Å². The van der Waals surface area contributed by atoms with E-state index in [0.717, 1.165) is 9.62 Å². The molecule has 0 aromatic heterocycles. The van der Waals surface area contributed by atoms with Crippen LogP contribution < -0.4 is 19.1 Å². The first kappa shape index (κ1) is 63.9. The van der Waals surface area contributed by atoms with Gasteiger partial charge in [0, 0.05) is 101 Å². The van der Waals surface area contributed by atoms with Crippen LogP contribution in [-0.2, 0) is 66.4 Å². The number of ether oxygens (including phenoxy) is 2. The van der Waals surface area contributed by atoms with E-state index in [4.69, 9.17) is 9.47 Å². The second-order valence-corrected chi connectivity index (χ2v) is 29.5. The number of nitrogens with two attached hydrogens (primary N) is 1. The molecule has 1 amide bonds. The number of carboxylic acids is 1. The quantitative estimate of drug-likeness (QED) is 0.0468. The van der Waals surface area contributed by atoms with E-state index in [2.05, 4.69) is 0 Å². The van der Waals surface area contributed by atoms with Gasteiger partial charge < -0.3 is 42.6 Å². The summed E-state index contributed by atoms with van der Waals surface area (Å²) < 4.78 is 191. The van der Waals surface area contributed by atoms with Crippen molar-refractivity contribution in [2.45, 2.75) is 108 Å². The molecular formula is C55H64N4O20S5-2. The highest BCUT2D eigenvalue weighted by atomic mass is 32.2. The molecule has 1 unspecified atom stereocenters. The topological polar surface area (TPSA) is 382 Å². The van der Waals surface area contributed by atoms with Crippen LogP contribution in [0.3, 0.4) is 0 Å². The number of unbranched alkanes of at least 4 members (excludes halogenated alkanes) is 2. The average Bonchev–Trinajstić information content (AvgIpc) is 1.93. The van der Waals surface area contributed by atoms with Crippen LogP contribution in [0.25, 0.3) is 0 Å². The van der Waals surface area contributed by atoms with Crippen molar-refractivity contribution in [2.75, 3.05) is 48.3 Å². The van der Waals surface area contributed by atoms with Gasteiger partial charge in [0.1, 0.15) is 33.9 Å². The van der Waals surface area contributed by atoms with E-state index in [9.17, 15) is 79.5 Å². The summed E-state index contributed by atoms with van der Waals surface area (Å²) in [5.41, 5.74) is 4.14. The largest absolute Gasteiger partial charge is 0.748 e. The van der Waals surface area contributed by atoms with Crippen LogP contribution in [0.4, 0.5) is 17.1 Å². The zero-order chi connectivity index (χ0) is 61.5. The maximum atomic E-state index is 14.3. The molecule has 456 valence electrons. The molecule has 0 radical (unpaired) electrons. The van der Waals surface area contributed by atoms with Crippen LogP contribution in [0.5, 0.6) is 11.5 Å². The van der Waals surface area contributed by atoms with Crippen molar-refractivity contribution in [1.82, 2.24) is 4.90 Å². The van der Waals surface area contributed by atoms with Crippen molar-refractivity contribution in [3.05, 3.63) is 130 Å². The van der Waals surface area contributed by atoms with Crippen molar-refractivity contribution < 1.29 is 98.3 Å². The average molecular weight is 1260 g/mol. The number of carbonyl (C=O) groups is 2. The van der Waals surface area contributed by atoms with E-state index in [-0.39, 0.29) is 87.0 Å². The summed E-state index contributed by atoms with van der Waals surface area (Å²) in [6.07, 6.45) is 9.35. The maximum Gasteiger partial charge on any atom is 0.434 e. The molecule has 8 rings (SSSR count). The Morgan fingerprint density at radius 1 is 0.726 bits per heavy atom. The minimum absolute atomic E-state index is 0.00682. The number of fused-ring (bicyclic) bond motifs is 3. The smallest absolute Gasteiger partial charge is 0.434 e. The Kier molecular flexibility index (Phi) is 18.5. The Balaban J connectivity index is 1.28. The van der Waals surface area contributed by atoms with Crippen molar-refractivity contribution in [2.24, 2.45) is 5.92 Å². The van der Waals surface area contributed by atoms with Gasteiger partial charge in [-0.1, -0.05) is 19.9 Å². The van der Waals surface area contributed by atoms with Crippen molar-refractivity contribution >= 4 is 85.4 Å². The lowest BCUT2D eigenvalue weighted by molar-refractivity contribution is -0.438. The van der Waals surface area contributed by atoms with Gasteiger partial charge >= 0.3 is 16.3 Å². The van der Waals surface area contributed by atoms with Gasteiger partial charge in [-0.2, -0.15) is 9.30 Å². The second kappa shape index (κ2) is 24.3. The van der Waals surface area contributed by atoms with Gasteiger partial charge in [-0.25, -0.2) is 38.2 Å².